The summed E-state index contributed by atoms with van der Waals surface area (Å²) in [4.78, 5) is 0. The first-order valence-electron chi connectivity index (χ1n) is 5.70. The smallest absolute Gasteiger partial charge is 0.311 e. The Labute approximate surface area is 99.0 Å². The fourth-order valence-electron chi connectivity index (χ4n) is 2.36. The van der Waals surface area contributed by atoms with Crippen molar-refractivity contribution < 1.29 is 13.2 Å². The second-order valence-corrected chi connectivity index (χ2v) is 5.29. The van der Waals surface area contributed by atoms with Crippen LogP contribution in [0, 0.1) is 0 Å². The van der Waals surface area contributed by atoms with E-state index < -0.39 is 11.7 Å². The van der Waals surface area contributed by atoms with Crippen LogP contribution in [0.4, 0.5) is 13.2 Å². The van der Waals surface area contributed by atoms with E-state index in [4.69, 9.17) is 0 Å². The average molecular weight is 243 g/mol. The quantitative estimate of drug-likeness (QED) is 0.795. The third kappa shape index (κ3) is 2.80. The second-order valence-electron chi connectivity index (χ2n) is 5.29. The molecule has 17 heavy (non-hydrogen) atoms. The van der Waals surface area contributed by atoms with Crippen LogP contribution >= 0.6 is 0 Å². The Bertz CT molecular complexity index is 409. The summed E-state index contributed by atoms with van der Waals surface area (Å²) in [5.74, 6) is 0.173. The zero-order chi connectivity index (χ0) is 12.7. The maximum atomic E-state index is 12.6. The Balaban J connectivity index is 2.23. The van der Waals surface area contributed by atoms with Crippen LogP contribution in [-0.2, 0) is 6.18 Å². The standard InChI is InChI=1S/C13H16F3N/c1-12(2)7-10(8-17-12)9-4-3-5-11(6-9)13(14,15)16/h3-6,10,17H,7-8H2,1-2H3. The van der Waals surface area contributed by atoms with Gasteiger partial charge < -0.3 is 5.32 Å². The molecule has 1 aliphatic rings. The predicted molar refractivity (Wildman–Crippen MR) is 60.9 cm³/mol. The molecule has 0 radical (unpaired) electrons. The Hall–Kier alpha value is -1.03. The molecule has 0 amide bonds. The summed E-state index contributed by atoms with van der Waals surface area (Å²) in [6, 6.07) is 5.66. The lowest BCUT2D eigenvalue weighted by Crippen LogP contribution is -2.31. The first kappa shape index (κ1) is 12.4. The molecule has 0 aromatic heterocycles. The molecule has 1 heterocycles. The molecule has 0 saturated carbocycles. The highest BCUT2D eigenvalue weighted by Gasteiger charge is 2.34. The summed E-state index contributed by atoms with van der Waals surface area (Å²) < 4.78 is 37.8. The molecule has 0 aliphatic carbocycles. The van der Waals surface area contributed by atoms with Gasteiger partial charge in [-0.3, -0.25) is 0 Å². The molecule has 0 spiro atoms. The summed E-state index contributed by atoms with van der Waals surface area (Å²) in [6.45, 7) is 4.88. The van der Waals surface area contributed by atoms with Crippen molar-refractivity contribution in [2.75, 3.05) is 6.54 Å². The van der Waals surface area contributed by atoms with Gasteiger partial charge in [-0.25, -0.2) is 0 Å². The first-order chi connectivity index (χ1) is 7.78. The Morgan fingerprint density at radius 3 is 2.53 bits per heavy atom. The minimum Gasteiger partial charge on any atom is -0.311 e. The number of alkyl halides is 3. The first-order valence-corrected chi connectivity index (χ1v) is 5.70. The predicted octanol–water partition coefficient (Wildman–Crippen LogP) is 3.56. The SMILES string of the molecule is CC1(C)CC(c2cccc(C(F)(F)F)c2)CN1. The molecule has 1 N–H and O–H groups in total. The number of rotatable bonds is 1. The van der Waals surface area contributed by atoms with Gasteiger partial charge in [-0.05, 0) is 37.8 Å². The number of benzene rings is 1. The third-order valence-electron chi connectivity index (χ3n) is 3.27. The van der Waals surface area contributed by atoms with Crippen molar-refractivity contribution in [1.29, 1.82) is 0 Å². The molecule has 1 fully saturated rings. The van der Waals surface area contributed by atoms with Gasteiger partial charge in [-0.2, -0.15) is 13.2 Å². The maximum Gasteiger partial charge on any atom is 0.416 e. The van der Waals surface area contributed by atoms with Crippen LogP contribution in [0.25, 0.3) is 0 Å². The van der Waals surface area contributed by atoms with Gasteiger partial charge in [0.2, 0.25) is 0 Å². The van der Waals surface area contributed by atoms with E-state index >= 15 is 0 Å². The molecule has 94 valence electrons. The van der Waals surface area contributed by atoms with E-state index in [1.54, 1.807) is 6.07 Å². The number of halogens is 3. The Morgan fingerprint density at radius 2 is 2.00 bits per heavy atom. The van der Waals surface area contributed by atoms with Crippen molar-refractivity contribution in [1.82, 2.24) is 5.32 Å². The van der Waals surface area contributed by atoms with Crippen molar-refractivity contribution in [3.05, 3.63) is 35.4 Å². The molecule has 2 rings (SSSR count). The molecule has 1 unspecified atom stereocenters. The van der Waals surface area contributed by atoms with Crippen molar-refractivity contribution >= 4 is 0 Å². The topological polar surface area (TPSA) is 12.0 Å². The number of hydrogen-bond acceptors (Lipinski definition) is 1. The minimum absolute atomic E-state index is 0.0128. The molecule has 0 bridgehead atoms. The van der Waals surface area contributed by atoms with Gasteiger partial charge in [0.1, 0.15) is 0 Å². The lowest BCUT2D eigenvalue weighted by molar-refractivity contribution is -0.137. The van der Waals surface area contributed by atoms with Crippen molar-refractivity contribution in [3.63, 3.8) is 0 Å². The Kier molecular flexibility index (Phi) is 2.94. The van der Waals surface area contributed by atoms with Crippen LogP contribution in [0.3, 0.4) is 0 Å². The summed E-state index contributed by atoms with van der Waals surface area (Å²) in [5, 5.41) is 3.32. The normalized spacial score (nSPS) is 23.9. The minimum atomic E-state index is -4.25. The highest BCUT2D eigenvalue weighted by Crippen LogP contribution is 2.35. The Morgan fingerprint density at radius 1 is 1.29 bits per heavy atom. The molecule has 1 saturated heterocycles. The van der Waals surface area contributed by atoms with Gasteiger partial charge >= 0.3 is 6.18 Å². The highest BCUT2D eigenvalue weighted by atomic mass is 19.4. The van der Waals surface area contributed by atoms with Crippen LogP contribution < -0.4 is 5.32 Å². The lowest BCUT2D eigenvalue weighted by Gasteiger charge is -2.17. The average Bonchev–Trinajstić information content (AvgIpc) is 2.58. The van der Waals surface area contributed by atoms with Gasteiger partial charge in [0.15, 0.2) is 0 Å². The molecule has 1 nitrogen and oxygen atoms in total. The number of hydrogen-bond donors (Lipinski definition) is 1. The maximum absolute atomic E-state index is 12.6. The highest BCUT2D eigenvalue weighted by molar-refractivity contribution is 5.29. The van der Waals surface area contributed by atoms with Crippen molar-refractivity contribution in [2.45, 2.75) is 37.9 Å². The van der Waals surface area contributed by atoms with Crippen LogP contribution in [0.5, 0.6) is 0 Å². The van der Waals surface area contributed by atoms with Gasteiger partial charge in [0, 0.05) is 12.1 Å². The van der Waals surface area contributed by atoms with E-state index in [0.29, 0.717) is 0 Å². The van der Waals surface area contributed by atoms with Gasteiger partial charge in [-0.1, -0.05) is 18.2 Å². The monoisotopic (exact) mass is 243 g/mol. The van der Waals surface area contributed by atoms with Gasteiger partial charge in [0.05, 0.1) is 5.56 Å². The molecular weight excluding hydrogens is 227 g/mol. The summed E-state index contributed by atoms with van der Waals surface area (Å²) >= 11 is 0. The van der Waals surface area contributed by atoms with E-state index in [1.165, 1.54) is 12.1 Å². The van der Waals surface area contributed by atoms with Crippen LogP contribution in [0.15, 0.2) is 24.3 Å². The van der Waals surface area contributed by atoms with Crippen LogP contribution in [0.2, 0.25) is 0 Å². The van der Waals surface area contributed by atoms with E-state index in [9.17, 15) is 13.2 Å². The van der Waals surface area contributed by atoms with E-state index in [-0.39, 0.29) is 11.5 Å². The largest absolute Gasteiger partial charge is 0.416 e. The van der Waals surface area contributed by atoms with E-state index in [2.05, 4.69) is 19.2 Å². The second kappa shape index (κ2) is 4.02. The van der Waals surface area contributed by atoms with Crippen LogP contribution in [0.1, 0.15) is 37.3 Å². The summed E-state index contributed by atoms with van der Waals surface area (Å²) in [6.07, 6.45) is -3.38. The van der Waals surface area contributed by atoms with Crippen LogP contribution in [-0.4, -0.2) is 12.1 Å². The molecule has 4 heteroatoms. The van der Waals surface area contributed by atoms with E-state index in [1.807, 2.05) is 0 Å². The molecule has 1 aromatic rings. The zero-order valence-electron chi connectivity index (χ0n) is 9.93. The van der Waals surface area contributed by atoms with Crippen molar-refractivity contribution in [3.8, 4) is 0 Å². The molecule has 1 atom stereocenters. The summed E-state index contributed by atoms with van der Waals surface area (Å²) in [7, 11) is 0. The van der Waals surface area contributed by atoms with E-state index in [0.717, 1.165) is 24.6 Å². The fraction of sp³-hybridized carbons (Fsp3) is 0.538. The van der Waals surface area contributed by atoms with Gasteiger partial charge in [-0.15, -0.1) is 0 Å². The molecule has 1 aromatic carbocycles. The number of nitrogens with one attached hydrogen (secondary N) is 1. The third-order valence-corrected chi connectivity index (χ3v) is 3.27. The fourth-order valence-corrected chi connectivity index (χ4v) is 2.36. The van der Waals surface area contributed by atoms with Crippen molar-refractivity contribution in [2.24, 2.45) is 0 Å². The zero-order valence-corrected chi connectivity index (χ0v) is 9.93. The molecule has 1 aliphatic heterocycles. The molecular formula is C13H16F3N. The summed E-state index contributed by atoms with van der Waals surface area (Å²) in [5.41, 5.74) is 0.233. The van der Waals surface area contributed by atoms with Gasteiger partial charge in [0.25, 0.3) is 0 Å². The lowest BCUT2D eigenvalue weighted by atomic mass is 9.90.